The van der Waals surface area contributed by atoms with E-state index >= 15 is 0 Å². The minimum absolute atomic E-state index is 0.0498. The number of carbonyl (C=O) groups excluding carboxylic acids is 1. The van der Waals surface area contributed by atoms with E-state index in [1.165, 1.54) is 25.3 Å². The molecular formula is C17H20F2N2O4S. The van der Waals surface area contributed by atoms with Gasteiger partial charge < -0.3 is 10.1 Å². The molecule has 9 heteroatoms. The van der Waals surface area contributed by atoms with Gasteiger partial charge in [0.2, 0.25) is 5.88 Å². The molecule has 6 nitrogen and oxygen atoms in total. The van der Waals surface area contributed by atoms with Crippen LogP contribution in [0.5, 0.6) is 5.88 Å². The van der Waals surface area contributed by atoms with Gasteiger partial charge in [-0.15, -0.1) is 0 Å². The number of pyridine rings is 1. The van der Waals surface area contributed by atoms with Gasteiger partial charge in [0.15, 0.2) is 9.84 Å². The topological polar surface area (TPSA) is 85.4 Å². The molecule has 0 aromatic carbocycles. The Labute approximate surface area is 150 Å². The van der Waals surface area contributed by atoms with Crippen LogP contribution in [-0.4, -0.2) is 44.1 Å². The molecule has 1 aliphatic carbocycles. The van der Waals surface area contributed by atoms with Crippen LogP contribution < -0.4 is 10.1 Å². The molecule has 1 N–H and O–H groups in total. The van der Waals surface area contributed by atoms with Crippen molar-refractivity contribution in [1.82, 2.24) is 10.3 Å². The first-order valence-corrected chi connectivity index (χ1v) is 10.1. The number of ether oxygens (including phenoxy) is 1. The Balaban J connectivity index is 1.81. The van der Waals surface area contributed by atoms with Crippen molar-refractivity contribution >= 4 is 15.7 Å². The number of methoxy groups -OCH3 is 1. The summed E-state index contributed by atoms with van der Waals surface area (Å²) in [4.78, 5) is 16.5. The largest absolute Gasteiger partial charge is 0.480 e. The van der Waals surface area contributed by atoms with Gasteiger partial charge >= 0.3 is 0 Å². The molecule has 1 aromatic heterocycles. The maximum Gasteiger partial charge on any atom is 0.257 e. The number of carbonyl (C=O) groups is 1. The maximum atomic E-state index is 14.2. The minimum Gasteiger partial charge on any atom is -0.480 e. The summed E-state index contributed by atoms with van der Waals surface area (Å²) in [6.45, 7) is 0. The van der Waals surface area contributed by atoms with Crippen LogP contribution in [0.15, 0.2) is 23.6 Å². The van der Waals surface area contributed by atoms with Gasteiger partial charge in [0.05, 0.1) is 30.5 Å². The molecule has 1 saturated carbocycles. The van der Waals surface area contributed by atoms with Gasteiger partial charge in [0.25, 0.3) is 11.8 Å². The molecule has 26 heavy (non-hydrogen) atoms. The van der Waals surface area contributed by atoms with Crippen LogP contribution in [0.2, 0.25) is 0 Å². The second-order valence-corrected chi connectivity index (χ2v) is 8.52. The maximum absolute atomic E-state index is 14.2. The van der Waals surface area contributed by atoms with E-state index in [1.54, 1.807) is 0 Å². The Morgan fingerprint density at radius 1 is 1.35 bits per heavy atom. The van der Waals surface area contributed by atoms with E-state index in [4.69, 9.17) is 4.74 Å². The number of sulfone groups is 1. The molecule has 1 unspecified atom stereocenters. The average molecular weight is 386 g/mol. The molecule has 0 saturated heterocycles. The monoisotopic (exact) mass is 386 g/mol. The molecule has 2 aliphatic rings. The highest BCUT2D eigenvalue weighted by molar-refractivity contribution is 7.94. The predicted molar refractivity (Wildman–Crippen MR) is 91.1 cm³/mol. The normalized spacial score (nSPS) is 26.4. The van der Waals surface area contributed by atoms with Crippen molar-refractivity contribution in [3.05, 3.63) is 34.9 Å². The fraction of sp³-hybridized carbons (Fsp3) is 0.529. The molecule has 2 atom stereocenters. The van der Waals surface area contributed by atoms with E-state index in [2.05, 4.69) is 10.3 Å². The first-order chi connectivity index (χ1) is 12.2. The summed E-state index contributed by atoms with van der Waals surface area (Å²) in [5, 5.41) is 3.62. The quantitative estimate of drug-likeness (QED) is 0.859. The van der Waals surface area contributed by atoms with Crippen LogP contribution >= 0.6 is 0 Å². The van der Waals surface area contributed by atoms with Crippen molar-refractivity contribution in [3.8, 4) is 5.88 Å². The molecule has 1 fully saturated rings. The molecule has 2 heterocycles. The van der Waals surface area contributed by atoms with E-state index in [-0.39, 0.29) is 29.3 Å². The van der Waals surface area contributed by atoms with Crippen LogP contribution in [0.25, 0.3) is 0 Å². The summed E-state index contributed by atoms with van der Waals surface area (Å²) < 4.78 is 56.3. The highest BCUT2D eigenvalue weighted by Crippen LogP contribution is 2.44. The Morgan fingerprint density at radius 3 is 2.73 bits per heavy atom. The Hall–Kier alpha value is -2.03. The van der Waals surface area contributed by atoms with Gasteiger partial charge in [0.1, 0.15) is 5.56 Å². The third-order valence-corrected chi connectivity index (χ3v) is 6.08. The SMILES string of the molecule is COc1nc(C2CCCCC2(F)F)ccc1C(=O)N[C@@H]1C=CS(=O)(=O)C1. The van der Waals surface area contributed by atoms with Crippen LogP contribution in [0.3, 0.4) is 0 Å². The summed E-state index contributed by atoms with van der Waals surface area (Å²) >= 11 is 0. The number of amides is 1. The highest BCUT2D eigenvalue weighted by Gasteiger charge is 2.43. The molecule has 142 valence electrons. The summed E-state index contributed by atoms with van der Waals surface area (Å²) in [7, 11) is -1.99. The number of aromatic nitrogens is 1. The number of nitrogens with one attached hydrogen (secondary N) is 1. The average Bonchev–Trinajstić information content (AvgIpc) is 2.92. The van der Waals surface area contributed by atoms with Gasteiger partial charge in [0, 0.05) is 11.8 Å². The first-order valence-electron chi connectivity index (χ1n) is 8.36. The molecule has 0 radical (unpaired) electrons. The highest BCUT2D eigenvalue weighted by atomic mass is 32.2. The van der Waals surface area contributed by atoms with Crippen molar-refractivity contribution in [1.29, 1.82) is 0 Å². The second-order valence-electron chi connectivity index (χ2n) is 6.59. The second kappa shape index (κ2) is 6.94. The zero-order chi connectivity index (χ0) is 18.9. The number of nitrogens with zero attached hydrogens (tertiary/aromatic N) is 1. The molecule has 1 aliphatic heterocycles. The third-order valence-electron chi connectivity index (χ3n) is 4.69. The van der Waals surface area contributed by atoms with Crippen molar-refractivity contribution in [3.63, 3.8) is 0 Å². The lowest BCUT2D eigenvalue weighted by Gasteiger charge is -2.31. The predicted octanol–water partition coefficient (Wildman–Crippen LogP) is 2.42. The van der Waals surface area contributed by atoms with Crippen LogP contribution in [-0.2, 0) is 9.84 Å². The minimum atomic E-state index is -3.30. The van der Waals surface area contributed by atoms with Gasteiger partial charge in [-0.3, -0.25) is 4.79 Å². The summed E-state index contributed by atoms with van der Waals surface area (Å²) in [5.41, 5.74) is 0.277. The number of hydrogen-bond donors (Lipinski definition) is 1. The molecule has 3 rings (SSSR count). The molecule has 0 spiro atoms. The Morgan fingerprint density at radius 2 is 2.12 bits per heavy atom. The lowest BCUT2D eigenvalue weighted by atomic mass is 9.83. The van der Waals surface area contributed by atoms with Gasteiger partial charge in [-0.25, -0.2) is 22.2 Å². The summed E-state index contributed by atoms with van der Waals surface area (Å²) in [6, 6.07) is 2.18. The van der Waals surface area contributed by atoms with Crippen molar-refractivity contribution in [2.45, 2.75) is 43.6 Å². The summed E-state index contributed by atoms with van der Waals surface area (Å²) in [5.74, 6) is -4.65. The van der Waals surface area contributed by atoms with Gasteiger partial charge in [-0.05, 0) is 31.1 Å². The molecule has 0 bridgehead atoms. The number of hydrogen-bond acceptors (Lipinski definition) is 5. The van der Waals surface area contributed by atoms with E-state index in [0.717, 1.165) is 5.41 Å². The van der Waals surface area contributed by atoms with E-state index in [0.29, 0.717) is 19.3 Å². The molecular weight excluding hydrogens is 366 g/mol. The van der Waals surface area contributed by atoms with E-state index in [1.807, 2.05) is 0 Å². The zero-order valence-electron chi connectivity index (χ0n) is 14.2. The van der Waals surface area contributed by atoms with Crippen molar-refractivity contribution in [2.75, 3.05) is 12.9 Å². The zero-order valence-corrected chi connectivity index (χ0v) is 15.1. The molecule has 1 aromatic rings. The number of halogens is 2. The third kappa shape index (κ3) is 3.87. The number of alkyl halides is 2. The first kappa shape index (κ1) is 18.8. The van der Waals surface area contributed by atoms with E-state index in [9.17, 15) is 22.0 Å². The van der Waals surface area contributed by atoms with Crippen LogP contribution in [0, 0.1) is 0 Å². The fourth-order valence-electron chi connectivity index (χ4n) is 3.35. The Bertz CT molecular complexity index is 839. The fourth-order valence-corrected chi connectivity index (χ4v) is 4.58. The van der Waals surface area contributed by atoms with Crippen LogP contribution in [0.1, 0.15) is 47.7 Å². The van der Waals surface area contributed by atoms with Crippen molar-refractivity contribution in [2.24, 2.45) is 0 Å². The lowest BCUT2D eigenvalue weighted by molar-refractivity contribution is -0.0559. The molecule has 1 amide bonds. The summed E-state index contributed by atoms with van der Waals surface area (Å²) in [6.07, 6.45) is 2.74. The van der Waals surface area contributed by atoms with Crippen LogP contribution in [0.4, 0.5) is 8.78 Å². The smallest absolute Gasteiger partial charge is 0.257 e. The van der Waals surface area contributed by atoms with Crippen molar-refractivity contribution < 1.29 is 26.7 Å². The lowest BCUT2D eigenvalue weighted by Crippen LogP contribution is -2.36. The van der Waals surface area contributed by atoms with E-state index < -0.39 is 33.6 Å². The Kier molecular flexibility index (Phi) is 5.01. The number of rotatable bonds is 4. The van der Waals surface area contributed by atoms with Gasteiger partial charge in [-0.2, -0.15) is 0 Å². The standard InChI is InChI=1S/C17H20F2N2O4S/c1-25-16-12(15(22)20-11-7-9-26(23,24)10-11)5-6-14(21-16)13-4-2-3-8-17(13,18)19/h5-7,9,11,13H,2-4,8,10H2,1H3,(H,20,22)/t11-,13?/m1/s1. The van der Waals surface area contributed by atoms with Gasteiger partial charge in [-0.1, -0.05) is 6.42 Å².